The molecule has 0 aliphatic carbocycles. The summed E-state index contributed by atoms with van der Waals surface area (Å²) in [6, 6.07) is 1.80. The normalized spacial score (nSPS) is 13.8. The maximum atomic E-state index is 12.7. The maximum absolute atomic E-state index is 12.7. The number of Topliss-reactive ketones (excluding diaryl/α,β-unsaturated/α-hetero) is 1. The van der Waals surface area contributed by atoms with Gasteiger partial charge in [0.15, 0.2) is 5.78 Å². The van der Waals surface area contributed by atoms with Gasteiger partial charge in [0, 0.05) is 11.5 Å². The van der Waals surface area contributed by atoms with E-state index in [0.29, 0.717) is 0 Å². The van der Waals surface area contributed by atoms with Crippen molar-refractivity contribution < 1.29 is 22.8 Å². The molecule has 5 nitrogen and oxygen atoms in total. The van der Waals surface area contributed by atoms with Gasteiger partial charge in [-0.1, -0.05) is 20.8 Å². The van der Waals surface area contributed by atoms with E-state index in [0.717, 1.165) is 21.5 Å². The molecule has 10 heteroatoms. The second-order valence-corrected chi connectivity index (χ2v) is 8.89. The Balaban J connectivity index is 2.48. The molecule has 0 radical (unpaired) electrons. The van der Waals surface area contributed by atoms with Crippen LogP contribution in [0.5, 0.6) is 0 Å². The highest BCUT2D eigenvalue weighted by atomic mass is 32.1. The third kappa shape index (κ3) is 6.16. The molecule has 0 saturated carbocycles. The summed E-state index contributed by atoms with van der Waals surface area (Å²) in [5, 5.41) is 5.39. The molecule has 0 bridgehead atoms. The molecule has 0 fully saturated rings. The summed E-state index contributed by atoms with van der Waals surface area (Å²) in [7, 11) is 0. The van der Waals surface area contributed by atoms with Gasteiger partial charge in [-0.05, 0) is 28.5 Å². The maximum Gasteiger partial charge on any atom is 0.405 e. The Labute approximate surface area is 166 Å². The summed E-state index contributed by atoms with van der Waals surface area (Å²) >= 11 is 2.46. The SMILES string of the molecule is CC(C)(C)C(=O)/C=c1\s/c(=C\c2ccsc2)c(=O)n1CC(=O)NCC(F)(F)F. The number of nitrogens with zero attached hydrogens (tertiary/aromatic N) is 1. The van der Waals surface area contributed by atoms with Gasteiger partial charge in [0.05, 0.1) is 4.53 Å². The predicted molar refractivity (Wildman–Crippen MR) is 104 cm³/mol. The number of hydrogen-bond donors (Lipinski definition) is 1. The zero-order valence-electron chi connectivity index (χ0n) is 15.4. The van der Waals surface area contributed by atoms with Gasteiger partial charge in [-0.3, -0.25) is 19.0 Å². The van der Waals surface area contributed by atoms with Crippen molar-refractivity contribution in [3.8, 4) is 0 Å². The minimum absolute atomic E-state index is 0.216. The van der Waals surface area contributed by atoms with Gasteiger partial charge in [0.1, 0.15) is 17.8 Å². The summed E-state index contributed by atoms with van der Waals surface area (Å²) in [5.74, 6) is -1.22. The van der Waals surface area contributed by atoms with Crippen LogP contribution in [-0.4, -0.2) is 29.0 Å². The van der Waals surface area contributed by atoms with Crippen LogP contribution in [0.2, 0.25) is 0 Å². The topological polar surface area (TPSA) is 68.2 Å². The molecule has 0 atom stereocenters. The van der Waals surface area contributed by atoms with Crippen molar-refractivity contribution >= 4 is 46.5 Å². The molecule has 1 amide bonds. The van der Waals surface area contributed by atoms with Crippen LogP contribution in [0.4, 0.5) is 13.2 Å². The molecule has 2 heterocycles. The monoisotopic (exact) mass is 432 g/mol. The van der Waals surface area contributed by atoms with E-state index in [4.69, 9.17) is 0 Å². The molecule has 0 aliphatic rings. The first-order chi connectivity index (χ1) is 12.9. The highest BCUT2D eigenvalue weighted by Gasteiger charge is 2.28. The van der Waals surface area contributed by atoms with Crippen LogP contribution in [0.25, 0.3) is 12.2 Å². The molecular formula is C18H19F3N2O3S2. The smallest absolute Gasteiger partial charge is 0.345 e. The van der Waals surface area contributed by atoms with Crippen LogP contribution >= 0.6 is 22.7 Å². The lowest BCUT2D eigenvalue weighted by Gasteiger charge is -2.13. The first-order valence-electron chi connectivity index (χ1n) is 8.20. The zero-order chi connectivity index (χ0) is 21.1. The summed E-state index contributed by atoms with van der Waals surface area (Å²) in [4.78, 5) is 36.9. The zero-order valence-corrected chi connectivity index (χ0v) is 17.1. The van der Waals surface area contributed by atoms with Crippen LogP contribution < -0.4 is 20.1 Å². The Kier molecular flexibility index (Phi) is 6.66. The molecule has 0 aromatic carbocycles. The fraction of sp³-hybridized carbons (Fsp3) is 0.389. The van der Waals surface area contributed by atoms with Crippen molar-refractivity contribution in [3.05, 3.63) is 41.9 Å². The lowest BCUT2D eigenvalue weighted by molar-refractivity contribution is -0.138. The number of amides is 1. The quantitative estimate of drug-likeness (QED) is 0.785. The summed E-state index contributed by atoms with van der Waals surface area (Å²) in [6.45, 7) is 3.02. The highest BCUT2D eigenvalue weighted by Crippen LogP contribution is 2.15. The van der Waals surface area contributed by atoms with Gasteiger partial charge in [-0.2, -0.15) is 24.5 Å². The molecule has 2 aromatic heterocycles. The molecular weight excluding hydrogens is 413 g/mol. The van der Waals surface area contributed by atoms with Crippen LogP contribution in [0.1, 0.15) is 26.3 Å². The Morgan fingerprint density at radius 2 is 1.93 bits per heavy atom. The number of rotatable bonds is 5. The Hall–Kier alpha value is -2.20. The van der Waals surface area contributed by atoms with E-state index in [1.807, 2.05) is 10.8 Å². The second-order valence-electron chi connectivity index (χ2n) is 7.05. The number of halogens is 3. The molecule has 2 aromatic rings. The lowest BCUT2D eigenvalue weighted by atomic mass is 9.91. The van der Waals surface area contributed by atoms with E-state index >= 15 is 0 Å². The van der Waals surface area contributed by atoms with Gasteiger partial charge in [-0.25, -0.2) is 0 Å². The van der Waals surface area contributed by atoms with Gasteiger partial charge in [0.25, 0.3) is 5.56 Å². The molecule has 0 aliphatic heterocycles. The minimum atomic E-state index is -4.55. The first kappa shape index (κ1) is 22.1. The van der Waals surface area contributed by atoms with Gasteiger partial charge in [0.2, 0.25) is 5.91 Å². The largest absolute Gasteiger partial charge is 0.405 e. The average Bonchev–Trinajstić information content (AvgIpc) is 3.16. The molecule has 2 rings (SSSR count). The number of aromatic nitrogens is 1. The third-order valence-electron chi connectivity index (χ3n) is 3.56. The van der Waals surface area contributed by atoms with Crippen molar-refractivity contribution in [2.75, 3.05) is 6.54 Å². The van der Waals surface area contributed by atoms with Gasteiger partial charge in [-0.15, -0.1) is 11.3 Å². The van der Waals surface area contributed by atoms with Crippen LogP contribution in [0.3, 0.4) is 0 Å². The van der Waals surface area contributed by atoms with E-state index < -0.39 is 36.1 Å². The van der Waals surface area contributed by atoms with Crippen molar-refractivity contribution in [1.29, 1.82) is 0 Å². The van der Waals surface area contributed by atoms with Crippen molar-refractivity contribution in [3.63, 3.8) is 0 Å². The van der Waals surface area contributed by atoms with E-state index in [-0.39, 0.29) is 15.0 Å². The molecule has 0 saturated heterocycles. The number of alkyl halides is 3. The van der Waals surface area contributed by atoms with Crippen molar-refractivity contribution in [2.45, 2.75) is 33.5 Å². The number of carbonyl (C=O) groups is 2. The third-order valence-corrected chi connectivity index (χ3v) is 5.32. The molecule has 0 unspecified atom stereocenters. The molecule has 0 spiro atoms. The lowest BCUT2D eigenvalue weighted by Crippen LogP contribution is -2.41. The van der Waals surface area contributed by atoms with Crippen molar-refractivity contribution in [2.24, 2.45) is 5.41 Å². The summed E-state index contributed by atoms with van der Waals surface area (Å²) < 4.78 is 38.4. The van der Waals surface area contributed by atoms with E-state index in [1.54, 1.807) is 38.2 Å². The number of carbonyl (C=O) groups excluding carboxylic acids is 2. The van der Waals surface area contributed by atoms with Gasteiger partial charge >= 0.3 is 6.18 Å². The van der Waals surface area contributed by atoms with Crippen LogP contribution in [0, 0.1) is 5.41 Å². The summed E-state index contributed by atoms with van der Waals surface area (Å²) in [6.07, 6.45) is -1.68. The number of thiophene rings is 1. The second kappa shape index (κ2) is 8.44. The number of hydrogen-bond acceptors (Lipinski definition) is 5. The number of ketones is 1. The first-order valence-corrected chi connectivity index (χ1v) is 9.96. The molecule has 152 valence electrons. The van der Waals surface area contributed by atoms with E-state index in [2.05, 4.69) is 0 Å². The average molecular weight is 432 g/mol. The summed E-state index contributed by atoms with van der Waals surface area (Å²) in [5.41, 5.74) is -0.460. The Bertz CT molecular complexity index is 1030. The highest BCUT2D eigenvalue weighted by molar-refractivity contribution is 7.08. The Morgan fingerprint density at radius 3 is 2.46 bits per heavy atom. The molecule has 1 N–H and O–H groups in total. The molecule has 28 heavy (non-hydrogen) atoms. The Morgan fingerprint density at radius 1 is 1.25 bits per heavy atom. The fourth-order valence-electron chi connectivity index (χ4n) is 2.03. The standard InChI is InChI=1S/C18H19F3N2O3S2/c1-17(2,3)13(24)7-15-23(8-14(25)22-10-18(19,20)21)16(26)12(28-15)6-11-4-5-27-9-11/h4-7,9H,8,10H2,1-3H3,(H,22,25)/b12-6-,15-7-. The number of nitrogens with one attached hydrogen (secondary N) is 1. The fourth-order valence-corrected chi connectivity index (χ4v) is 3.69. The predicted octanol–water partition coefficient (Wildman–Crippen LogP) is 1.87. The van der Waals surface area contributed by atoms with Crippen molar-refractivity contribution in [1.82, 2.24) is 9.88 Å². The van der Waals surface area contributed by atoms with E-state index in [9.17, 15) is 27.6 Å². The van der Waals surface area contributed by atoms with Crippen LogP contribution in [-0.2, 0) is 16.1 Å². The van der Waals surface area contributed by atoms with Gasteiger partial charge < -0.3 is 5.32 Å². The van der Waals surface area contributed by atoms with Crippen LogP contribution in [0.15, 0.2) is 21.6 Å². The minimum Gasteiger partial charge on any atom is -0.345 e. The number of thiazole rings is 1. The van der Waals surface area contributed by atoms with E-state index in [1.165, 1.54) is 17.4 Å².